The molecule has 7 aromatic rings. The number of hydrogen-bond donors (Lipinski definition) is 8. The van der Waals surface area contributed by atoms with E-state index in [2.05, 4.69) is 208 Å². The van der Waals surface area contributed by atoms with Crippen LogP contribution in [0.2, 0.25) is 0 Å². The number of hydrogen-bond acceptors (Lipinski definition) is 8. The van der Waals surface area contributed by atoms with Gasteiger partial charge in [0.05, 0.1) is 42.4 Å². The Hall–Kier alpha value is -9.70. The van der Waals surface area contributed by atoms with Crippen LogP contribution in [0.1, 0.15) is 126 Å². The number of H-pyrrole nitrogens is 2. The summed E-state index contributed by atoms with van der Waals surface area (Å²) in [7, 11) is 0. The molecule has 3 aromatic heterocycles. The first-order chi connectivity index (χ1) is 40.2. The zero-order chi connectivity index (χ0) is 61.1. The van der Waals surface area contributed by atoms with Gasteiger partial charge in [0.1, 0.15) is 12.1 Å². The molecule has 0 aliphatic carbocycles. The molecule has 4 aromatic carbocycles. The van der Waals surface area contributed by atoms with Gasteiger partial charge in [-0.05, 0) is 130 Å². The first-order valence-electron chi connectivity index (χ1n) is 28.5. The fourth-order valence-corrected chi connectivity index (χ4v) is 10.2. The van der Waals surface area contributed by atoms with Gasteiger partial charge in [0, 0.05) is 49.9 Å². The highest BCUT2D eigenvalue weighted by molar-refractivity contribution is 6.02. The van der Waals surface area contributed by atoms with E-state index < -0.39 is 67.2 Å². The van der Waals surface area contributed by atoms with Gasteiger partial charge in [-0.3, -0.25) is 28.8 Å². The van der Waals surface area contributed by atoms with Crippen LogP contribution in [0, 0.1) is 0 Å². The summed E-state index contributed by atoms with van der Waals surface area (Å²) in [5, 5.41) is 12.2. The van der Waals surface area contributed by atoms with E-state index in [1.54, 1.807) is 12.1 Å². The Morgan fingerprint density at radius 2 is 0.694 bits per heavy atom. The second-order valence-corrected chi connectivity index (χ2v) is 24.7. The van der Waals surface area contributed by atoms with E-state index in [0.29, 0.717) is 5.69 Å². The molecule has 6 amide bonds. The number of primary amides is 1. The molecule has 16 heteroatoms. The van der Waals surface area contributed by atoms with E-state index in [1.807, 2.05) is 24.3 Å². The molecule has 85 heavy (non-hydrogen) atoms. The smallest absolute Gasteiger partial charge is 0.251 e. The van der Waals surface area contributed by atoms with Crippen LogP contribution in [0.25, 0.3) is 90.9 Å². The van der Waals surface area contributed by atoms with Crippen molar-refractivity contribution in [2.75, 3.05) is 19.6 Å². The summed E-state index contributed by atoms with van der Waals surface area (Å²) in [5.41, 5.74) is 22.6. The highest BCUT2D eigenvalue weighted by atomic mass is 16.2. The molecular weight excluding hydrogens is 1060 g/mol. The van der Waals surface area contributed by atoms with E-state index >= 15 is 0 Å². The molecule has 2 aliphatic heterocycles. The van der Waals surface area contributed by atoms with Crippen LogP contribution >= 0.6 is 0 Å². The first kappa shape index (κ1) is 59.9. The predicted molar refractivity (Wildman–Crippen MR) is 339 cm³/mol. The number of carbonyl (C=O) groups is 6. The monoisotopic (exact) mass is 1140 g/mol. The van der Waals surface area contributed by atoms with Crippen LogP contribution in [0.3, 0.4) is 0 Å². The van der Waals surface area contributed by atoms with Crippen molar-refractivity contribution < 1.29 is 28.8 Å². The second kappa shape index (κ2) is 24.3. The van der Waals surface area contributed by atoms with Crippen LogP contribution < -0.4 is 32.3 Å². The van der Waals surface area contributed by atoms with Crippen molar-refractivity contribution in [3.8, 4) is 44.5 Å². The number of fused-ring (bicyclic) bond motifs is 8. The van der Waals surface area contributed by atoms with E-state index in [9.17, 15) is 28.8 Å². The Morgan fingerprint density at radius 3 is 0.988 bits per heavy atom. The quantitative estimate of drug-likeness (QED) is 0.0489. The molecule has 0 unspecified atom stereocenters. The standard InChI is InChI=1S/C69H74N10O6/c1-39(64(83)71-36-57(70)80)74-58(81)37-72-65(84)40(2)75-59(82)38-73-66(85)45-14-12-41(13-15-45)60-49-28-30-51(76-49)61(42-16-22-46(23-17-42)67(3,4)5)53-32-34-55(78-53)63(44-20-26-48(27-21-44)69(9,10)11)56-35-33-54(79-56)62(52-31-29-50(60)77-52)43-18-24-47(25-19-43)68(6,7)8/h12-35,39-40,76,79H,36-38H2,1-11H3,(H2,70,80)(H,71,83)(H,72,84)(H,73,85)(H,74,81)(H,75,82)/t39-,40-/m0/s1. The zero-order valence-electron chi connectivity index (χ0n) is 50.1. The first-order valence-corrected chi connectivity index (χ1v) is 28.5. The summed E-state index contributed by atoms with van der Waals surface area (Å²) >= 11 is 0. The lowest BCUT2D eigenvalue weighted by atomic mass is 9.86. The Kier molecular flexibility index (Phi) is 17.1. The highest BCUT2D eigenvalue weighted by Gasteiger charge is 2.24. The fourth-order valence-electron chi connectivity index (χ4n) is 10.2. The van der Waals surface area contributed by atoms with Crippen LogP contribution in [-0.4, -0.2) is 87.1 Å². The van der Waals surface area contributed by atoms with Crippen LogP contribution in [0.15, 0.2) is 121 Å². The van der Waals surface area contributed by atoms with Crippen molar-refractivity contribution in [3.63, 3.8) is 0 Å². The molecule has 9 N–H and O–H groups in total. The maximum Gasteiger partial charge on any atom is 0.251 e. The van der Waals surface area contributed by atoms with Crippen molar-refractivity contribution in [2.24, 2.45) is 5.73 Å². The number of nitrogens with one attached hydrogen (secondary N) is 7. The van der Waals surface area contributed by atoms with Crippen molar-refractivity contribution in [2.45, 2.75) is 104 Å². The number of nitrogens with two attached hydrogens (primary N) is 1. The zero-order valence-corrected chi connectivity index (χ0v) is 50.1. The SMILES string of the molecule is C[C@H](NC(=O)CNC(=O)c1ccc(-c2c3nc(c(-c4ccc(C(C)(C)C)cc4)c4ccc([nH]4)c(-c4ccc(C(C)(C)C)cc4)c4nc(c(-c5ccc(C(C)(C)C)cc5)c5ccc2[nH]5)C=C4)C=C3)cc1)C(=O)NCC(=O)N[C@@H](C)C(=O)NCC(N)=O. The van der Waals surface area contributed by atoms with Crippen molar-refractivity contribution >= 4 is 81.8 Å². The van der Waals surface area contributed by atoms with Gasteiger partial charge in [-0.1, -0.05) is 147 Å². The third-order valence-electron chi connectivity index (χ3n) is 15.1. The summed E-state index contributed by atoms with van der Waals surface area (Å²) in [6.07, 6.45) is 8.28. The molecular formula is C69H74N10O6. The maximum atomic E-state index is 13.7. The van der Waals surface area contributed by atoms with Crippen molar-refractivity contribution in [1.82, 2.24) is 46.5 Å². The molecule has 0 radical (unpaired) electrons. The van der Waals surface area contributed by atoms with Crippen LogP contribution in [0.4, 0.5) is 0 Å². The number of carbonyl (C=O) groups excluding carboxylic acids is 6. The third-order valence-corrected chi connectivity index (χ3v) is 15.1. The van der Waals surface area contributed by atoms with Gasteiger partial charge in [-0.2, -0.15) is 0 Å². The van der Waals surface area contributed by atoms with E-state index in [0.717, 1.165) is 83.7 Å². The summed E-state index contributed by atoms with van der Waals surface area (Å²) in [6, 6.07) is 39.6. The van der Waals surface area contributed by atoms with Gasteiger partial charge < -0.3 is 42.3 Å². The molecule has 0 saturated carbocycles. The third kappa shape index (κ3) is 13.9. The number of rotatable bonds is 15. The lowest BCUT2D eigenvalue weighted by Gasteiger charge is -2.19. The van der Waals surface area contributed by atoms with Gasteiger partial charge in [0.25, 0.3) is 5.91 Å². The Labute approximate surface area is 495 Å². The Balaban J connectivity index is 1.10. The number of aromatic amines is 2. The Bertz CT molecular complexity index is 3930. The van der Waals surface area contributed by atoms with E-state index in [1.165, 1.54) is 30.5 Å². The summed E-state index contributed by atoms with van der Waals surface area (Å²) < 4.78 is 0. The fraction of sp³-hybridized carbons (Fsp3) is 0.275. The molecule has 9 rings (SSSR count). The van der Waals surface area contributed by atoms with Gasteiger partial charge in [-0.15, -0.1) is 0 Å². The van der Waals surface area contributed by atoms with Gasteiger partial charge in [0.2, 0.25) is 29.5 Å². The van der Waals surface area contributed by atoms with Crippen molar-refractivity contribution in [3.05, 3.63) is 166 Å². The number of nitrogens with zero attached hydrogens (tertiary/aromatic N) is 2. The van der Waals surface area contributed by atoms with Gasteiger partial charge in [0.15, 0.2) is 0 Å². The lowest BCUT2D eigenvalue weighted by molar-refractivity contribution is -0.131. The number of aromatic nitrogens is 4. The molecule has 0 saturated heterocycles. The number of benzene rings is 4. The number of amides is 6. The minimum absolute atomic E-state index is 0.0359. The molecule has 2 aliphatic rings. The van der Waals surface area contributed by atoms with Crippen LogP contribution in [-0.2, 0) is 40.2 Å². The Morgan fingerprint density at radius 1 is 0.412 bits per heavy atom. The van der Waals surface area contributed by atoms with Gasteiger partial charge in [-0.25, -0.2) is 9.97 Å². The summed E-state index contributed by atoms with van der Waals surface area (Å²) in [5.74, 6) is -3.90. The molecule has 5 heterocycles. The molecule has 2 atom stereocenters. The molecule has 0 fully saturated rings. The predicted octanol–water partition coefficient (Wildman–Crippen LogP) is 10.7. The minimum atomic E-state index is -1.07. The maximum absolute atomic E-state index is 13.7. The van der Waals surface area contributed by atoms with Gasteiger partial charge >= 0.3 is 0 Å². The summed E-state index contributed by atoms with van der Waals surface area (Å²) in [4.78, 5) is 93.6. The molecule has 0 spiro atoms. The lowest BCUT2D eigenvalue weighted by Crippen LogP contribution is -2.52. The van der Waals surface area contributed by atoms with Crippen molar-refractivity contribution in [1.29, 1.82) is 0 Å². The normalized spacial score (nSPS) is 12.9. The van der Waals surface area contributed by atoms with E-state index in [-0.39, 0.29) is 21.8 Å². The molecule has 16 nitrogen and oxygen atoms in total. The molecule has 436 valence electrons. The topological polar surface area (TPSA) is 246 Å². The summed E-state index contributed by atoms with van der Waals surface area (Å²) in [6.45, 7) is 21.4. The van der Waals surface area contributed by atoms with E-state index in [4.69, 9.17) is 15.7 Å². The average Bonchev–Trinajstić information content (AvgIpc) is 1.95. The molecule has 8 bridgehead atoms. The minimum Gasteiger partial charge on any atom is -0.368 e. The van der Waals surface area contributed by atoms with Crippen LogP contribution in [0.5, 0.6) is 0 Å². The second-order valence-electron chi connectivity index (χ2n) is 24.7. The average molecular weight is 1140 g/mol. The largest absolute Gasteiger partial charge is 0.368 e. The highest BCUT2D eigenvalue weighted by Crippen LogP contribution is 2.40.